The van der Waals surface area contributed by atoms with E-state index in [1.54, 1.807) is 12.1 Å². The third kappa shape index (κ3) is 2.56. The molecule has 0 bridgehead atoms. The van der Waals surface area contributed by atoms with Gasteiger partial charge in [0.15, 0.2) is 0 Å². The lowest BCUT2D eigenvalue weighted by molar-refractivity contribution is 0.582. The van der Waals surface area contributed by atoms with Gasteiger partial charge >= 0.3 is 0 Å². The molecule has 0 fully saturated rings. The van der Waals surface area contributed by atoms with E-state index in [4.69, 9.17) is 4.42 Å². The van der Waals surface area contributed by atoms with Gasteiger partial charge in [-0.3, -0.25) is 0 Å². The summed E-state index contributed by atoms with van der Waals surface area (Å²) in [6, 6.07) is 13.6. The van der Waals surface area contributed by atoms with Gasteiger partial charge < -0.3 is 4.42 Å². The van der Waals surface area contributed by atoms with Crippen molar-refractivity contribution in [2.45, 2.75) is 0 Å². The number of hydrogen-bond donors (Lipinski definition) is 0. The van der Waals surface area contributed by atoms with E-state index >= 15 is 0 Å². The maximum absolute atomic E-state index is 13.1. The molecule has 0 saturated carbocycles. The standard InChI is InChI=1S/C14H8BrFN2O/c15-11-5-1-3-9(7-11)13-17-18-14(19-13)10-4-2-6-12(16)8-10/h1-8H. The van der Waals surface area contributed by atoms with E-state index in [2.05, 4.69) is 26.1 Å². The highest BCUT2D eigenvalue weighted by molar-refractivity contribution is 9.10. The van der Waals surface area contributed by atoms with E-state index in [-0.39, 0.29) is 5.82 Å². The average molecular weight is 319 g/mol. The summed E-state index contributed by atoms with van der Waals surface area (Å²) in [6.07, 6.45) is 0. The van der Waals surface area contributed by atoms with Crippen LogP contribution in [0.3, 0.4) is 0 Å². The lowest BCUT2D eigenvalue weighted by Crippen LogP contribution is -1.79. The highest BCUT2D eigenvalue weighted by Crippen LogP contribution is 2.25. The number of rotatable bonds is 2. The first-order valence-corrected chi connectivity index (χ1v) is 6.37. The third-order valence-corrected chi connectivity index (χ3v) is 3.06. The van der Waals surface area contributed by atoms with Crippen molar-refractivity contribution in [1.82, 2.24) is 10.2 Å². The Morgan fingerprint density at radius 3 is 2.16 bits per heavy atom. The molecule has 0 aliphatic carbocycles. The predicted molar refractivity (Wildman–Crippen MR) is 72.8 cm³/mol. The van der Waals surface area contributed by atoms with Crippen LogP contribution in [0.5, 0.6) is 0 Å². The molecule has 0 saturated heterocycles. The fourth-order valence-electron chi connectivity index (χ4n) is 1.70. The van der Waals surface area contributed by atoms with Crippen molar-refractivity contribution in [2.75, 3.05) is 0 Å². The molecule has 0 atom stereocenters. The van der Waals surface area contributed by atoms with Gasteiger partial charge in [0.05, 0.1) is 0 Å². The van der Waals surface area contributed by atoms with Gasteiger partial charge in [0, 0.05) is 15.6 Å². The molecule has 2 aromatic carbocycles. The first-order valence-electron chi connectivity index (χ1n) is 5.58. The minimum atomic E-state index is -0.334. The number of nitrogens with zero attached hydrogens (tertiary/aromatic N) is 2. The fourth-order valence-corrected chi connectivity index (χ4v) is 2.10. The minimum Gasteiger partial charge on any atom is -0.416 e. The van der Waals surface area contributed by atoms with Crippen LogP contribution in [-0.4, -0.2) is 10.2 Å². The number of hydrogen-bond acceptors (Lipinski definition) is 3. The summed E-state index contributed by atoms with van der Waals surface area (Å²) in [5.74, 6) is 0.370. The zero-order chi connectivity index (χ0) is 13.2. The van der Waals surface area contributed by atoms with Crippen LogP contribution in [0.1, 0.15) is 0 Å². The van der Waals surface area contributed by atoms with Gasteiger partial charge in [-0.05, 0) is 36.4 Å². The molecule has 0 unspecified atom stereocenters. The average Bonchev–Trinajstić information content (AvgIpc) is 2.88. The van der Waals surface area contributed by atoms with E-state index in [1.807, 2.05) is 24.3 Å². The molecule has 1 heterocycles. The van der Waals surface area contributed by atoms with Crippen LogP contribution in [0.2, 0.25) is 0 Å². The van der Waals surface area contributed by atoms with Crippen molar-refractivity contribution in [3.05, 3.63) is 58.8 Å². The lowest BCUT2D eigenvalue weighted by Gasteiger charge is -1.96. The van der Waals surface area contributed by atoms with Crippen LogP contribution in [0.15, 0.2) is 57.4 Å². The first-order chi connectivity index (χ1) is 9.22. The highest BCUT2D eigenvalue weighted by Gasteiger charge is 2.11. The van der Waals surface area contributed by atoms with Gasteiger partial charge in [-0.1, -0.05) is 28.1 Å². The maximum Gasteiger partial charge on any atom is 0.248 e. The van der Waals surface area contributed by atoms with Gasteiger partial charge in [0.2, 0.25) is 11.8 Å². The molecular formula is C14H8BrFN2O. The molecular weight excluding hydrogens is 311 g/mol. The Labute approximate surface area is 117 Å². The monoisotopic (exact) mass is 318 g/mol. The number of benzene rings is 2. The van der Waals surface area contributed by atoms with E-state index in [9.17, 15) is 4.39 Å². The van der Waals surface area contributed by atoms with Gasteiger partial charge in [0.25, 0.3) is 0 Å². The van der Waals surface area contributed by atoms with Crippen molar-refractivity contribution in [2.24, 2.45) is 0 Å². The van der Waals surface area contributed by atoms with E-state index in [0.29, 0.717) is 17.3 Å². The van der Waals surface area contributed by atoms with Crippen molar-refractivity contribution in [1.29, 1.82) is 0 Å². The van der Waals surface area contributed by atoms with Crippen molar-refractivity contribution >= 4 is 15.9 Å². The lowest BCUT2D eigenvalue weighted by atomic mass is 10.2. The molecule has 1 aromatic heterocycles. The molecule has 94 valence electrons. The fraction of sp³-hybridized carbons (Fsp3) is 0. The first kappa shape index (κ1) is 12.0. The van der Waals surface area contributed by atoms with Crippen LogP contribution < -0.4 is 0 Å². The number of aromatic nitrogens is 2. The molecule has 19 heavy (non-hydrogen) atoms. The molecule has 3 aromatic rings. The van der Waals surface area contributed by atoms with Crippen LogP contribution in [-0.2, 0) is 0 Å². The van der Waals surface area contributed by atoms with E-state index in [0.717, 1.165) is 10.0 Å². The van der Waals surface area contributed by atoms with Crippen LogP contribution in [0.4, 0.5) is 4.39 Å². The summed E-state index contributed by atoms with van der Waals surface area (Å²) in [4.78, 5) is 0. The SMILES string of the molecule is Fc1cccc(-c2nnc(-c3cccc(Br)c3)o2)c1. The Kier molecular flexibility index (Phi) is 3.13. The van der Waals surface area contributed by atoms with Gasteiger partial charge in [-0.15, -0.1) is 10.2 Å². The van der Waals surface area contributed by atoms with Crippen molar-refractivity contribution in [3.63, 3.8) is 0 Å². The second-order valence-electron chi connectivity index (χ2n) is 3.93. The highest BCUT2D eigenvalue weighted by atomic mass is 79.9. The summed E-state index contributed by atoms with van der Waals surface area (Å²) in [6.45, 7) is 0. The predicted octanol–water partition coefficient (Wildman–Crippen LogP) is 4.31. The van der Waals surface area contributed by atoms with Gasteiger partial charge in [-0.25, -0.2) is 4.39 Å². The van der Waals surface area contributed by atoms with Crippen LogP contribution in [0, 0.1) is 5.82 Å². The molecule has 3 rings (SSSR count). The minimum absolute atomic E-state index is 0.300. The topological polar surface area (TPSA) is 38.9 Å². The second kappa shape index (κ2) is 4.93. The summed E-state index contributed by atoms with van der Waals surface area (Å²) in [5.41, 5.74) is 1.37. The molecule has 0 amide bonds. The van der Waals surface area contributed by atoms with E-state index in [1.165, 1.54) is 12.1 Å². The molecule has 0 aliphatic heterocycles. The Bertz CT molecular complexity index is 667. The normalized spacial score (nSPS) is 10.6. The Hall–Kier alpha value is -2.01. The molecule has 0 aliphatic rings. The van der Waals surface area contributed by atoms with E-state index < -0.39 is 0 Å². The smallest absolute Gasteiger partial charge is 0.248 e. The molecule has 5 heteroatoms. The molecule has 0 spiro atoms. The van der Waals surface area contributed by atoms with Crippen molar-refractivity contribution < 1.29 is 8.81 Å². The summed E-state index contributed by atoms with van der Waals surface area (Å²) >= 11 is 3.38. The zero-order valence-electron chi connectivity index (χ0n) is 9.68. The Morgan fingerprint density at radius 1 is 0.895 bits per heavy atom. The molecule has 0 radical (unpaired) electrons. The summed E-state index contributed by atoms with van der Waals surface area (Å²) < 4.78 is 19.6. The number of halogens is 2. The Morgan fingerprint density at radius 2 is 1.53 bits per heavy atom. The maximum atomic E-state index is 13.1. The van der Waals surface area contributed by atoms with Gasteiger partial charge in [0.1, 0.15) is 5.82 Å². The van der Waals surface area contributed by atoms with Crippen LogP contribution in [0.25, 0.3) is 22.9 Å². The Balaban J connectivity index is 2.00. The summed E-state index contributed by atoms with van der Waals surface area (Å²) in [7, 11) is 0. The van der Waals surface area contributed by atoms with Crippen molar-refractivity contribution in [3.8, 4) is 22.9 Å². The second-order valence-corrected chi connectivity index (χ2v) is 4.85. The molecule has 0 N–H and O–H groups in total. The van der Waals surface area contributed by atoms with Crippen LogP contribution >= 0.6 is 15.9 Å². The third-order valence-electron chi connectivity index (χ3n) is 2.57. The quantitative estimate of drug-likeness (QED) is 0.707. The zero-order valence-corrected chi connectivity index (χ0v) is 11.3. The molecule has 3 nitrogen and oxygen atoms in total. The summed E-state index contributed by atoms with van der Waals surface area (Å²) in [5, 5.41) is 7.91. The largest absolute Gasteiger partial charge is 0.416 e. The van der Waals surface area contributed by atoms with Gasteiger partial charge in [-0.2, -0.15) is 0 Å².